The van der Waals surface area contributed by atoms with Crippen molar-refractivity contribution in [3.8, 4) is 5.75 Å². The molecule has 0 saturated carbocycles. The average molecular weight is 299 g/mol. The second-order valence-electron chi connectivity index (χ2n) is 5.02. The normalized spacial score (nSPS) is 18.0. The molecule has 1 aromatic carbocycles. The van der Waals surface area contributed by atoms with Gasteiger partial charge in [0.25, 0.3) is 0 Å². The summed E-state index contributed by atoms with van der Waals surface area (Å²) in [5.74, 6) is 1.44. The summed E-state index contributed by atoms with van der Waals surface area (Å²) in [6.07, 6.45) is 0. The Balaban J connectivity index is 2.50. The van der Waals surface area contributed by atoms with Crippen LogP contribution in [-0.4, -0.2) is 20.3 Å². The Kier molecular flexibility index (Phi) is 3.50. The van der Waals surface area contributed by atoms with Gasteiger partial charge in [-0.15, -0.1) is 0 Å². The van der Waals surface area contributed by atoms with E-state index >= 15 is 0 Å². The largest absolute Gasteiger partial charge is 0.496 e. The van der Waals surface area contributed by atoms with Crippen LogP contribution in [0, 0.1) is 6.92 Å². The number of aryl methyl sites for hydroxylation is 1. The van der Waals surface area contributed by atoms with Crippen LogP contribution >= 0.6 is 15.9 Å². The van der Waals surface area contributed by atoms with E-state index in [9.17, 15) is 0 Å². The lowest BCUT2D eigenvalue weighted by Crippen LogP contribution is -2.41. The zero-order chi connectivity index (χ0) is 12.6. The van der Waals surface area contributed by atoms with Gasteiger partial charge < -0.3 is 9.47 Å². The van der Waals surface area contributed by atoms with E-state index < -0.39 is 0 Å². The molecule has 0 radical (unpaired) electrons. The zero-order valence-corrected chi connectivity index (χ0v) is 12.4. The first-order chi connectivity index (χ1) is 7.98. The number of methoxy groups -OCH3 is 1. The highest BCUT2D eigenvalue weighted by Gasteiger charge is 2.39. The van der Waals surface area contributed by atoms with Crippen molar-refractivity contribution >= 4 is 15.9 Å². The van der Waals surface area contributed by atoms with E-state index in [1.165, 1.54) is 16.7 Å². The predicted molar refractivity (Wildman–Crippen MR) is 73.2 cm³/mol. The van der Waals surface area contributed by atoms with Gasteiger partial charge in [-0.25, -0.2) is 0 Å². The van der Waals surface area contributed by atoms with Gasteiger partial charge in [-0.1, -0.05) is 29.8 Å². The fourth-order valence-corrected chi connectivity index (χ4v) is 3.00. The molecule has 1 aliphatic rings. The van der Waals surface area contributed by atoms with Crippen LogP contribution in [0.5, 0.6) is 5.75 Å². The van der Waals surface area contributed by atoms with Crippen LogP contribution < -0.4 is 4.74 Å². The number of hydrogen-bond acceptors (Lipinski definition) is 2. The van der Waals surface area contributed by atoms with Crippen molar-refractivity contribution in [1.82, 2.24) is 0 Å². The van der Waals surface area contributed by atoms with Gasteiger partial charge in [-0.05, 0) is 41.7 Å². The first kappa shape index (κ1) is 12.9. The lowest BCUT2D eigenvalue weighted by Gasteiger charge is -2.38. The quantitative estimate of drug-likeness (QED) is 0.791. The van der Waals surface area contributed by atoms with Crippen molar-refractivity contribution in [2.24, 2.45) is 0 Å². The minimum Gasteiger partial charge on any atom is -0.496 e. The highest BCUT2D eigenvalue weighted by Crippen LogP contribution is 2.43. The summed E-state index contributed by atoms with van der Waals surface area (Å²) >= 11 is 3.79. The molecule has 0 bridgehead atoms. The first-order valence-corrected chi connectivity index (χ1v) is 6.73. The Morgan fingerprint density at radius 1 is 1.35 bits per heavy atom. The van der Waals surface area contributed by atoms with Crippen LogP contribution in [0.15, 0.2) is 12.1 Å². The number of benzene rings is 1. The Bertz CT molecular complexity index is 422. The summed E-state index contributed by atoms with van der Waals surface area (Å²) in [4.78, 5) is 0. The molecular weight excluding hydrogens is 280 g/mol. The first-order valence-electron chi connectivity index (χ1n) is 5.93. The van der Waals surface area contributed by atoms with Gasteiger partial charge in [-0.3, -0.25) is 0 Å². The van der Waals surface area contributed by atoms with Crippen LogP contribution in [0.3, 0.4) is 0 Å². The van der Waals surface area contributed by atoms with Crippen molar-refractivity contribution in [2.75, 3.05) is 20.3 Å². The third-order valence-corrected chi connectivity index (χ3v) is 4.23. The van der Waals surface area contributed by atoms with Gasteiger partial charge in [0.15, 0.2) is 0 Å². The van der Waals surface area contributed by atoms with Gasteiger partial charge >= 0.3 is 0 Å². The molecule has 0 aromatic heterocycles. The fraction of sp³-hybridized carbons (Fsp3) is 0.571. The third kappa shape index (κ3) is 2.23. The molecule has 1 aliphatic heterocycles. The van der Waals surface area contributed by atoms with Gasteiger partial charge in [-0.2, -0.15) is 0 Å². The van der Waals surface area contributed by atoms with Crippen LogP contribution in [0.2, 0.25) is 0 Å². The summed E-state index contributed by atoms with van der Waals surface area (Å²) in [7, 11) is 1.73. The Morgan fingerprint density at radius 3 is 2.41 bits per heavy atom. The number of halogens is 1. The summed E-state index contributed by atoms with van der Waals surface area (Å²) in [5, 5.41) is 0. The Labute approximate surface area is 111 Å². The topological polar surface area (TPSA) is 18.5 Å². The summed E-state index contributed by atoms with van der Waals surface area (Å²) in [5.41, 5.74) is 3.85. The highest BCUT2D eigenvalue weighted by molar-refractivity contribution is 9.09. The molecular formula is C14H19BrO2. The second kappa shape index (κ2) is 4.62. The molecule has 1 aromatic rings. The van der Waals surface area contributed by atoms with Crippen molar-refractivity contribution in [1.29, 1.82) is 0 Å². The molecule has 1 saturated heterocycles. The van der Waals surface area contributed by atoms with E-state index in [1.54, 1.807) is 7.11 Å². The smallest absolute Gasteiger partial charge is 0.122 e. The minimum atomic E-state index is 0.00694. The molecule has 2 nitrogen and oxygen atoms in total. The highest BCUT2D eigenvalue weighted by atomic mass is 79.9. The van der Waals surface area contributed by atoms with E-state index in [1.807, 2.05) is 0 Å². The van der Waals surface area contributed by atoms with E-state index in [-0.39, 0.29) is 4.32 Å². The van der Waals surface area contributed by atoms with Crippen LogP contribution in [-0.2, 0) is 9.06 Å². The van der Waals surface area contributed by atoms with Gasteiger partial charge in [0.2, 0.25) is 0 Å². The Hall–Kier alpha value is -0.540. The maximum absolute atomic E-state index is 5.46. The standard InChI is InChI=1S/C14H19BrO2/c1-9(2)11-6-12(14(15)7-17-8-14)10(3)5-13(11)16-4/h5-6,9H,7-8H2,1-4H3. The molecule has 2 rings (SSSR count). The molecule has 0 unspecified atom stereocenters. The zero-order valence-electron chi connectivity index (χ0n) is 10.8. The molecule has 0 N–H and O–H groups in total. The van der Waals surface area contributed by atoms with Crippen LogP contribution in [0.1, 0.15) is 36.5 Å². The number of rotatable bonds is 3. The van der Waals surface area contributed by atoms with Crippen molar-refractivity contribution in [3.05, 3.63) is 28.8 Å². The summed E-state index contributed by atoms with van der Waals surface area (Å²) in [6, 6.07) is 4.39. The number of hydrogen-bond donors (Lipinski definition) is 0. The molecule has 1 heterocycles. The lowest BCUT2D eigenvalue weighted by molar-refractivity contribution is -0.00730. The molecule has 1 fully saturated rings. The van der Waals surface area contributed by atoms with E-state index in [2.05, 4.69) is 48.8 Å². The van der Waals surface area contributed by atoms with E-state index in [0.717, 1.165) is 19.0 Å². The van der Waals surface area contributed by atoms with Crippen LogP contribution in [0.4, 0.5) is 0 Å². The van der Waals surface area contributed by atoms with Crippen LogP contribution in [0.25, 0.3) is 0 Å². The molecule has 0 aliphatic carbocycles. The van der Waals surface area contributed by atoms with Crippen molar-refractivity contribution in [2.45, 2.75) is 31.0 Å². The molecule has 0 spiro atoms. The average Bonchev–Trinajstić information content (AvgIpc) is 2.25. The Morgan fingerprint density at radius 2 is 2.00 bits per heavy atom. The van der Waals surface area contributed by atoms with E-state index in [0.29, 0.717) is 5.92 Å². The number of ether oxygens (including phenoxy) is 2. The summed E-state index contributed by atoms with van der Waals surface area (Å²) in [6.45, 7) is 8.00. The lowest BCUT2D eigenvalue weighted by atomic mass is 9.88. The molecule has 94 valence electrons. The van der Waals surface area contributed by atoms with Gasteiger partial charge in [0.1, 0.15) is 5.75 Å². The second-order valence-corrected chi connectivity index (χ2v) is 6.54. The van der Waals surface area contributed by atoms with Crippen molar-refractivity contribution in [3.63, 3.8) is 0 Å². The maximum atomic E-state index is 5.46. The summed E-state index contributed by atoms with van der Waals surface area (Å²) < 4.78 is 10.8. The van der Waals surface area contributed by atoms with Gasteiger partial charge in [0.05, 0.1) is 24.6 Å². The number of alkyl halides is 1. The molecule has 0 atom stereocenters. The molecule has 0 amide bonds. The third-order valence-electron chi connectivity index (χ3n) is 3.34. The van der Waals surface area contributed by atoms with E-state index in [4.69, 9.17) is 9.47 Å². The monoisotopic (exact) mass is 298 g/mol. The van der Waals surface area contributed by atoms with Crippen molar-refractivity contribution < 1.29 is 9.47 Å². The SMILES string of the molecule is COc1cc(C)c(C2(Br)COC2)cc1C(C)C. The predicted octanol–water partition coefficient (Wildman–Crippen LogP) is 3.75. The fourth-order valence-electron chi connectivity index (χ4n) is 2.25. The maximum Gasteiger partial charge on any atom is 0.122 e. The molecule has 17 heavy (non-hydrogen) atoms. The molecule has 3 heteroatoms. The van der Waals surface area contributed by atoms with Gasteiger partial charge in [0, 0.05) is 0 Å². The minimum absolute atomic E-state index is 0.00694.